The number of carbonyl (C=O) groups excluding carboxylic acids is 3. The molecule has 1 atom stereocenters. The van der Waals surface area contributed by atoms with Crippen LogP contribution in [0.15, 0.2) is 0 Å². The summed E-state index contributed by atoms with van der Waals surface area (Å²) in [5.41, 5.74) is -0.801. The first-order valence-corrected chi connectivity index (χ1v) is 44.3. The molecule has 0 radical (unpaired) electrons. The third-order valence-electron chi connectivity index (χ3n) is 21.3. The van der Waals surface area contributed by atoms with Gasteiger partial charge in [-0.25, -0.2) is 0 Å². The van der Waals surface area contributed by atoms with Crippen LogP contribution in [0.25, 0.3) is 0 Å². The van der Waals surface area contributed by atoms with Gasteiger partial charge in [0.25, 0.3) is 0 Å². The number of hydrogen-bond acceptors (Lipinski definition) is 6. The van der Waals surface area contributed by atoms with Crippen LogP contribution >= 0.6 is 0 Å². The summed E-state index contributed by atoms with van der Waals surface area (Å²) in [5.74, 6) is -0.835. The third-order valence-corrected chi connectivity index (χ3v) is 21.3. The largest absolute Gasteiger partial charge is 0.465 e. The summed E-state index contributed by atoms with van der Waals surface area (Å²) in [6.45, 7) is 11.0. The first kappa shape index (κ1) is 93.4. The molecule has 566 valence electrons. The van der Waals surface area contributed by atoms with Crippen molar-refractivity contribution in [1.82, 2.24) is 0 Å². The van der Waals surface area contributed by atoms with Crippen LogP contribution in [0.2, 0.25) is 0 Å². The average Bonchev–Trinajstić information content (AvgIpc) is 1.30. The molecule has 0 aliphatic carbocycles. The summed E-state index contributed by atoms with van der Waals surface area (Å²) in [6.07, 6.45) is 101. The molecule has 0 aromatic rings. The van der Waals surface area contributed by atoms with E-state index in [0.29, 0.717) is 12.8 Å². The molecule has 0 aliphatic heterocycles. The fraction of sp³-hybridized carbons (Fsp3) is 0.966. The minimum atomic E-state index is -0.801. The van der Waals surface area contributed by atoms with E-state index in [-0.39, 0.29) is 43.6 Å². The van der Waals surface area contributed by atoms with Gasteiger partial charge >= 0.3 is 17.9 Å². The van der Waals surface area contributed by atoms with Crippen molar-refractivity contribution in [2.75, 3.05) is 19.8 Å². The molecule has 0 saturated heterocycles. The van der Waals surface area contributed by atoms with Gasteiger partial charge in [-0.05, 0) is 26.2 Å². The molecule has 6 heteroatoms. The summed E-state index contributed by atoms with van der Waals surface area (Å²) in [7, 11) is 0. The Morgan fingerprint density at radius 2 is 0.368 bits per heavy atom. The summed E-state index contributed by atoms with van der Waals surface area (Å²) in [6, 6.07) is 0. The Bertz CT molecular complexity index is 1420. The van der Waals surface area contributed by atoms with Gasteiger partial charge < -0.3 is 14.2 Å². The second-order valence-corrected chi connectivity index (χ2v) is 31.7. The maximum atomic E-state index is 13.3. The first-order chi connectivity index (χ1) is 46.8. The quantitative estimate of drug-likeness (QED) is 0.0343. The van der Waals surface area contributed by atoms with E-state index >= 15 is 0 Å². The number of carbonyl (C=O) groups is 3. The van der Waals surface area contributed by atoms with Crippen molar-refractivity contribution >= 4 is 17.9 Å². The van der Waals surface area contributed by atoms with E-state index in [1.54, 1.807) is 0 Å². The van der Waals surface area contributed by atoms with Gasteiger partial charge in [0.05, 0.1) is 11.3 Å². The van der Waals surface area contributed by atoms with E-state index in [0.717, 1.165) is 57.8 Å². The lowest BCUT2D eigenvalue weighted by Gasteiger charge is -2.28. The number of ether oxygens (including phenoxy) is 3. The summed E-state index contributed by atoms with van der Waals surface area (Å²) in [4.78, 5) is 39.5. The Morgan fingerprint density at radius 1 is 0.221 bits per heavy atom. The van der Waals surface area contributed by atoms with Crippen LogP contribution in [0, 0.1) is 11.3 Å². The normalized spacial score (nSPS) is 12.1. The summed E-state index contributed by atoms with van der Waals surface area (Å²) in [5, 5.41) is 0. The molecule has 0 rings (SSSR count). The molecule has 6 nitrogen and oxygen atoms in total. The zero-order valence-corrected chi connectivity index (χ0v) is 65.9. The molecule has 0 aliphatic rings. The zero-order valence-electron chi connectivity index (χ0n) is 65.9. The Morgan fingerprint density at radius 3 is 0.547 bits per heavy atom. The maximum absolute atomic E-state index is 13.3. The van der Waals surface area contributed by atoms with E-state index in [1.807, 2.05) is 13.8 Å². The van der Waals surface area contributed by atoms with E-state index in [2.05, 4.69) is 20.8 Å². The lowest BCUT2D eigenvalue weighted by molar-refractivity contribution is -0.162. The van der Waals surface area contributed by atoms with Gasteiger partial charge in [0.1, 0.15) is 19.8 Å². The van der Waals surface area contributed by atoms with Crippen molar-refractivity contribution < 1.29 is 28.6 Å². The molecule has 0 N–H and O–H groups in total. The smallest absolute Gasteiger partial charge is 0.308 e. The van der Waals surface area contributed by atoms with Gasteiger partial charge in [0, 0.05) is 12.8 Å². The fourth-order valence-corrected chi connectivity index (χ4v) is 14.3. The predicted molar refractivity (Wildman–Crippen MR) is 418 cm³/mol. The number of hydrogen-bond donors (Lipinski definition) is 0. The van der Waals surface area contributed by atoms with Crippen molar-refractivity contribution in [3.8, 4) is 0 Å². The van der Waals surface area contributed by atoms with Crippen LogP contribution in [0.3, 0.4) is 0 Å². The topological polar surface area (TPSA) is 78.9 Å². The van der Waals surface area contributed by atoms with Crippen LogP contribution < -0.4 is 0 Å². The van der Waals surface area contributed by atoms with Gasteiger partial charge in [-0.15, -0.1) is 0 Å². The van der Waals surface area contributed by atoms with Crippen LogP contribution in [0.4, 0.5) is 0 Å². The summed E-state index contributed by atoms with van der Waals surface area (Å²) < 4.78 is 17.7. The van der Waals surface area contributed by atoms with Crippen LogP contribution in [-0.2, 0) is 28.6 Å². The van der Waals surface area contributed by atoms with Crippen LogP contribution in [-0.4, -0.2) is 37.7 Å². The minimum Gasteiger partial charge on any atom is -0.465 e. The highest BCUT2D eigenvalue weighted by Gasteiger charge is 2.31. The molecule has 0 aromatic heterocycles. The Labute approximate surface area is 597 Å². The SMILES string of the molecule is CCCCCCCCCCCCCCCCCCCCCCCCCCCC(=O)OCC(C)(COC(=O)CCCCCCCCCCCCCCCCCCCCCCCCCCC)COC(=O)C(C)CCCCCCCCCCCCCCCCCCCCCCCCC. The van der Waals surface area contributed by atoms with Crippen molar-refractivity contribution in [1.29, 1.82) is 0 Å². The standard InChI is InChI=1S/C89H174O6/c1-6-9-12-15-18-21-24-27-30-33-36-39-42-44-47-50-53-56-59-62-65-68-71-74-77-80-86(90)93-82-89(5,83-94-87(91)81-78-75-72-69-66-63-60-57-54-51-48-45-43-40-37-34-31-28-25-22-19-16-13-10-7-2)84-95-88(92)85(4)79-76-73-70-67-64-61-58-55-52-49-46-41-38-35-32-29-26-23-20-17-14-11-8-3/h85H,6-84H2,1-5H3. The molecule has 0 spiro atoms. The highest BCUT2D eigenvalue weighted by Crippen LogP contribution is 2.25. The van der Waals surface area contributed by atoms with Crippen LogP contribution in [0.1, 0.15) is 523 Å². The van der Waals surface area contributed by atoms with Crippen molar-refractivity contribution in [3.63, 3.8) is 0 Å². The van der Waals surface area contributed by atoms with Gasteiger partial charge in [0.15, 0.2) is 0 Å². The Kier molecular flexibility index (Phi) is 78.4. The number of esters is 3. The molecule has 0 amide bonds. The molecule has 0 heterocycles. The molecule has 0 aromatic carbocycles. The summed E-state index contributed by atoms with van der Waals surface area (Å²) >= 11 is 0. The van der Waals surface area contributed by atoms with E-state index in [9.17, 15) is 14.4 Å². The first-order valence-electron chi connectivity index (χ1n) is 44.3. The average molecular weight is 1340 g/mol. The highest BCUT2D eigenvalue weighted by atomic mass is 16.6. The highest BCUT2D eigenvalue weighted by molar-refractivity contribution is 5.72. The molecular weight excluding hydrogens is 1160 g/mol. The monoisotopic (exact) mass is 1340 g/mol. The molecule has 95 heavy (non-hydrogen) atoms. The van der Waals surface area contributed by atoms with Gasteiger partial charge in [-0.2, -0.15) is 0 Å². The van der Waals surface area contributed by atoms with E-state index in [4.69, 9.17) is 14.2 Å². The number of rotatable bonds is 83. The van der Waals surface area contributed by atoms with Gasteiger partial charge in [-0.3, -0.25) is 14.4 Å². The van der Waals surface area contributed by atoms with E-state index in [1.165, 1.54) is 417 Å². The van der Waals surface area contributed by atoms with E-state index < -0.39 is 5.41 Å². The van der Waals surface area contributed by atoms with Gasteiger partial charge in [-0.1, -0.05) is 484 Å². The van der Waals surface area contributed by atoms with Crippen molar-refractivity contribution in [2.24, 2.45) is 11.3 Å². The molecule has 0 saturated carbocycles. The molecular formula is C89H174O6. The molecule has 0 bridgehead atoms. The Hall–Kier alpha value is -1.59. The zero-order chi connectivity index (χ0) is 68.8. The fourth-order valence-electron chi connectivity index (χ4n) is 14.3. The lowest BCUT2D eigenvalue weighted by Crippen LogP contribution is -2.37. The lowest BCUT2D eigenvalue weighted by atomic mass is 9.94. The molecule has 1 unspecified atom stereocenters. The predicted octanol–water partition coefficient (Wildman–Crippen LogP) is 31.0. The second kappa shape index (κ2) is 79.7. The Balaban J connectivity index is 4.40. The molecule has 0 fully saturated rings. The second-order valence-electron chi connectivity index (χ2n) is 31.7. The number of unbranched alkanes of at least 4 members (excludes halogenated alkanes) is 70. The van der Waals surface area contributed by atoms with Crippen LogP contribution in [0.5, 0.6) is 0 Å². The van der Waals surface area contributed by atoms with Crippen molar-refractivity contribution in [3.05, 3.63) is 0 Å². The third kappa shape index (κ3) is 76.4. The maximum Gasteiger partial charge on any atom is 0.308 e. The van der Waals surface area contributed by atoms with Gasteiger partial charge in [0.2, 0.25) is 0 Å². The minimum absolute atomic E-state index is 0.0646. The van der Waals surface area contributed by atoms with Crippen molar-refractivity contribution in [2.45, 2.75) is 523 Å².